The summed E-state index contributed by atoms with van der Waals surface area (Å²) in [6.45, 7) is 2.64. The topological polar surface area (TPSA) is 98.3 Å². The molecule has 0 aliphatic carbocycles. The number of nitrogens with zero attached hydrogens (tertiary/aromatic N) is 4. The molecule has 2 heterocycles. The van der Waals surface area contributed by atoms with Crippen LogP contribution in [0.2, 0.25) is 0 Å². The average molecular weight is 354 g/mol. The maximum absolute atomic E-state index is 12.4. The third-order valence-corrected chi connectivity index (χ3v) is 6.56. The minimum Gasteiger partial charge on any atom is -0.322 e. The molecule has 0 unspecified atom stereocenters. The molecule has 2 aliphatic heterocycles. The van der Waals surface area contributed by atoms with Crippen LogP contribution in [-0.2, 0) is 20.0 Å². The van der Waals surface area contributed by atoms with Crippen LogP contribution in [0.15, 0.2) is 0 Å². The Morgan fingerprint density at radius 1 is 0.636 bits per heavy atom. The number of amides is 2. The van der Waals surface area contributed by atoms with E-state index >= 15 is 0 Å². The van der Waals surface area contributed by atoms with Crippen molar-refractivity contribution in [3.63, 3.8) is 0 Å². The maximum atomic E-state index is 12.4. The normalized spacial score (nSPS) is 22.8. The summed E-state index contributed by atoms with van der Waals surface area (Å²) >= 11 is 0. The number of sulfonamides is 2. The van der Waals surface area contributed by atoms with Gasteiger partial charge in [-0.2, -0.15) is 8.61 Å². The van der Waals surface area contributed by atoms with Crippen molar-refractivity contribution in [3.05, 3.63) is 0 Å². The molecule has 0 radical (unpaired) electrons. The van der Waals surface area contributed by atoms with Crippen molar-refractivity contribution in [1.29, 1.82) is 0 Å². The fraction of sp³-hybridized carbons (Fsp3) is 0.909. The van der Waals surface area contributed by atoms with E-state index in [1.54, 1.807) is 9.80 Å². The van der Waals surface area contributed by atoms with Crippen LogP contribution in [-0.4, -0.2) is 106 Å². The molecule has 0 atom stereocenters. The smallest absolute Gasteiger partial charge is 0.320 e. The Labute approximate surface area is 131 Å². The van der Waals surface area contributed by atoms with Crippen molar-refractivity contribution in [2.45, 2.75) is 0 Å². The number of carbonyl (C=O) groups excluding carboxylic acids is 1. The lowest BCUT2D eigenvalue weighted by atomic mass is 10.3. The molecule has 2 rings (SSSR count). The number of rotatable bonds is 2. The van der Waals surface area contributed by atoms with Crippen LogP contribution in [0.1, 0.15) is 0 Å². The van der Waals surface area contributed by atoms with Crippen molar-refractivity contribution in [2.75, 3.05) is 64.9 Å². The lowest BCUT2D eigenvalue weighted by molar-refractivity contribution is 0.119. The van der Waals surface area contributed by atoms with Gasteiger partial charge < -0.3 is 9.80 Å². The predicted molar refractivity (Wildman–Crippen MR) is 81.4 cm³/mol. The fourth-order valence-electron chi connectivity index (χ4n) is 2.62. The first kappa shape index (κ1) is 17.4. The first-order valence-corrected chi connectivity index (χ1v) is 10.7. The third kappa shape index (κ3) is 4.09. The highest BCUT2D eigenvalue weighted by Gasteiger charge is 2.31. The molecule has 0 N–H and O–H groups in total. The lowest BCUT2D eigenvalue weighted by Crippen LogP contribution is -2.57. The van der Waals surface area contributed by atoms with Gasteiger partial charge in [-0.1, -0.05) is 0 Å². The quantitative estimate of drug-likeness (QED) is 0.586. The summed E-state index contributed by atoms with van der Waals surface area (Å²) in [7, 11) is -6.43. The lowest BCUT2D eigenvalue weighted by Gasteiger charge is -2.39. The van der Waals surface area contributed by atoms with Gasteiger partial charge in [-0.05, 0) is 0 Å². The Hall–Kier alpha value is -0.910. The van der Waals surface area contributed by atoms with Crippen molar-refractivity contribution in [1.82, 2.24) is 18.4 Å². The van der Waals surface area contributed by atoms with Crippen LogP contribution >= 0.6 is 0 Å². The van der Waals surface area contributed by atoms with Crippen molar-refractivity contribution in [2.24, 2.45) is 0 Å². The minimum absolute atomic E-state index is 0.152. The van der Waals surface area contributed by atoms with Crippen molar-refractivity contribution < 1.29 is 21.6 Å². The van der Waals surface area contributed by atoms with Gasteiger partial charge in [0, 0.05) is 52.4 Å². The van der Waals surface area contributed by atoms with E-state index in [-0.39, 0.29) is 6.03 Å². The van der Waals surface area contributed by atoms with Gasteiger partial charge >= 0.3 is 6.03 Å². The van der Waals surface area contributed by atoms with Crippen molar-refractivity contribution in [3.8, 4) is 0 Å². The van der Waals surface area contributed by atoms with Crippen molar-refractivity contribution >= 4 is 26.1 Å². The molecule has 2 saturated heterocycles. The molecule has 2 aliphatic rings. The van der Waals surface area contributed by atoms with Gasteiger partial charge in [0.15, 0.2) is 0 Å². The monoisotopic (exact) mass is 354 g/mol. The summed E-state index contributed by atoms with van der Waals surface area (Å²) in [6, 6.07) is -0.152. The Kier molecular flexibility index (Phi) is 5.00. The number of urea groups is 1. The first-order chi connectivity index (χ1) is 10.1. The predicted octanol–water partition coefficient (Wildman–Crippen LogP) is -1.74. The van der Waals surface area contributed by atoms with Gasteiger partial charge in [0.25, 0.3) is 0 Å². The van der Waals surface area contributed by atoms with Crippen LogP contribution in [0.4, 0.5) is 4.79 Å². The van der Waals surface area contributed by atoms with Crippen LogP contribution in [0.5, 0.6) is 0 Å². The standard InChI is InChI=1S/C11H22N4O5S2/c1-21(17,18)14-7-3-12(4-8-14)11(16)13-5-9-15(10-6-13)22(2,19)20/h3-10H2,1-2H3. The molecule has 22 heavy (non-hydrogen) atoms. The number of hydrogen-bond acceptors (Lipinski definition) is 5. The Morgan fingerprint density at radius 3 is 1.14 bits per heavy atom. The zero-order chi connectivity index (χ0) is 16.5. The molecule has 11 heteroatoms. The van der Waals surface area contributed by atoms with Gasteiger partial charge in [0.1, 0.15) is 0 Å². The molecule has 2 fully saturated rings. The molecule has 0 bridgehead atoms. The number of hydrogen-bond donors (Lipinski definition) is 0. The summed E-state index contributed by atoms with van der Waals surface area (Å²) in [5, 5.41) is 0. The number of carbonyl (C=O) groups is 1. The molecule has 128 valence electrons. The van der Waals surface area contributed by atoms with E-state index in [0.29, 0.717) is 52.4 Å². The molecule has 9 nitrogen and oxygen atoms in total. The van der Waals surface area contributed by atoms with E-state index in [0.717, 1.165) is 12.5 Å². The Balaban J connectivity index is 1.87. The van der Waals surface area contributed by atoms with Gasteiger partial charge in [0.05, 0.1) is 12.5 Å². The number of piperazine rings is 2. The Bertz CT molecular complexity index is 563. The summed E-state index contributed by atoms with van der Waals surface area (Å²) in [6.07, 6.45) is 2.32. The highest BCUT2D eigenvalue weighted by Crippen LogP contribution is 2.12. The fourth-order valence-corrected chi connectivity index (χ4v) is 4.28. The molecule has 0 spiro atoms. The van der Waals surface area contributed by atoms with E-state index in [4.69, 9.17) is 0 Å². The van der Waals surface area contributed by atoms with E-state index in [2.05, 4.69) is 0 Å². The second-order valence-corrected chi connectivity index (χ2v) is 9.55. The zero-order valence-electron chi connectivity index (χ0n) is 12.8. The maximum Gasteiger partial charge on any atom is 0.320 e. The summed E-state index contributed by atoms with van der Waals surface area (Å²) < 4.78 is 48.5. The third-order valence-electron chi connectivity index (χ3n) is 3.96. The first-order valence-electron chi connectivity index (χ1n) is 7.03. The largest absolute Gasteiger partial charge is 0.322 e. The van der Waals surface area contributed by atoms with Gasteiger partial charge in [0.2, 0.25) is 20.0 Å². The molecular weight excluding hydrogens is 332 g/mol. The summed E-state index contributed by atoms with van der Waals surface area (Å²) in [5.41, 5.74) is 0. The highest BCUT2D eigenvalue weighted by molar-refractivity contribution is 7.88. The van der Waals surface area contributed by atoms with E-state index in [1.165, 1.54) is 8.61 Å². The average Bonchev–Trinajstić information content (AvgIpc) is 2.45. The molecule has 0 aromatic carbocycles. The van der Waals surface area contributed by atoms with Crippen LogP contribution < -0.4 is 0 Å². The Morgan fingerprint density at radius 2 is 0.909 bits per heavy atom. The van der Waals surface area contributed by atoms with Crippen LogP contribution in [0.25, 0.3) is 0 Å². The highest BCUT2D eigenvalue weighted by atomic mass is 32.2. The van der Waals surface area contributed by atoms with Crippen LogP contribution in [0.3, 0.4) is 0 Å². The molecule has 0 saturated carbocycles. The summed E-state index contributed by atoms with van der Waals surface area (Å²) in [4.78, 5) is 15.6. The SMILES string of the molecule is CS(=O)(=O)N1CCN(C(=O)N2CCN(S(C)(=O)=O)CC2)CC1. The second kappa shape index (κ2) is 6.30. The molecule has 0 aromatic heterocycles. The molecule has 0 aromatic rings. The zero-order valence-corrected chi connectivity index (χ0v) is 14.4. The van der Waals surface area contributed by atoms with E-state index in [9.17, 15) is 21.6 Å². The summed E-state index contributed by atoms with van der Waals surface area (Å²) in [5.74, 6) is 0. The second-order valence-electron chi connectivity index (χ2n) is 5.58. The van der Waals surface area contributed by atoms with Crippen LogP contribution in [0, 0.1) is 0 Å². The van der Waals surface area contributed by atoms with Gasteiger partial charge in [-0.3, -0.25) is 0 Å². The molecule has 2 amide bonds. The van der Waals surface area contributed by atoms with E-state index in [1.807, 2.05) is 0 Å². The minimum atomic E-state index is -3.22. The molecular formula is C11H22N4O5S2. The van der Waals surface area contributed by atoms with E-state index < -0.39 is 20.0 Å². The van der Waals surface area contributed by atoms with Gasteiger partial charge in [-0.15, -0.1) is 0 Å². The van der Waals surface area contributed by atoms with Gasteiger partial charge in [-0.25, -0.2) is 21.6 Å².